The summed E-state index contributed by atoms with van der Waals surface area (Å²) >= 11 is 0. The summed E-state index contributed by atoms with van der Waals surface area (Å²) in [5, 5.41) is 21.4. The van der Waals surface area contributed by atoms with Gasteiger partial charge in [-0.05, 0) is 31.5 Å². The normalized spacial score (nSPS) is 15.6. The van der Waals surface area contributed by atoms with Gasteiger partial charge in [0.2, 0.25) is 0 Å². The minimum Gasteiger partial charge on any atom is -0.463 e. The summed E-state index contributed by atoms with van der Waals surface area (Å²) in [5.74, 6) is -3.03. The van der Waals surface area contributed by atoms with Crippen molar-refractivity contribution in [2.45, 2.75) is 19.8 Å². The zero-order valence-electron chi connectivity index (χ0n) is 18.6. The number of anilines is 1. The molecule has 0 radical (unpaired) electrons. The highest BCUT2D eigenvalue weighted by molar-refractivity contribution is 6.06. The minimum absolute atomic E-state index is 0.00742. The van der Waals surface area contributed by atoms with E-state index < -0.39 is 22.8 Å². The number of hydrogen-bond donors (Lipinski definition) is 1. The average molecular weight is 462 g/mol. The van der Waals surface area contributed by atoms with Crippen LogP contribution in [0, 0.1) is 21.4 Å². The fourth-order valence-electron chi connectivity index (χ4n) is 3.73. The van der Waals surface area contributed by atoms with Crippen molar-refractivity contribution in [2.75, 3.05) is 18.1 Å². The number of carbonyl (C=O) groups is 2. The molecule has 1 heterocycles. The molecular weight excluding hydrogens is 440 g/mol. The average Bonchev–Trinajstić information content (AvgIpc) is 2.84. The molecule has 1 aliphatic heterocycles. The van der Waals surface area contributed by atoms with E-state index in [9.17, 15) is 25.0 Å². The van der Waals surface area contributed by atoms with Crippen molar-refractivity contribution < 1.29 is 24.0 Å². The van der Waals surface area contributed by atoms with E-state index in [4.69, 9.17) is 15.2 Å². The number of nitriles is 1. The van der Waals surface area contributed by atoms with Crippen LogP contribution >= 0.6 is 0 Å². The number of hydrogen-bond acceptors (Lipinski definition) is 9. The molecule has 0 fully saturated rings. The molecule has 0 saturated heterocycles. The van der Waals surface area contributed by atoms with Crippen LogP contribution in [0.3, 0.4) is 0 Å². The van der Waals surface area contributed by atoms with Crippen LogP contribution in [0.1, 0.15) is 25.3 Å². The molecule has 3 rings (SSSR count). The van der Waals surface area contributed by atoms with Crippen molar-refractivity contribution in [2.24, 2.45) is 5.73 Å². The molecule has 2 aromatic rings. The lowest BCUT2D eigenvalue weighted by atomic mass is 9.80. The highest BCUT2D eigenvalue weighted by Gasteiger charge is 2.43. The predicted octanol–water partition coefficient (Wildman–Crippen LogP) is 3.27. The van der Waals surface area contributed by atoms with E-state index in [0.29, 0.717) is 5.69 Å². The molecule has 1 aliphatic rings. The van der Waals surface area contributed by atoms with Crippen LogP contribution in [-0.2, 0) is 19.1 Å². The van der Waals surface area contributed by atoms with Crippen LogP contribution in [0.5, 0.6) is 0 Å². The van der Waals surface area contributed by atoms with Gasteiger partial charge in [-0.2, -0.15) is 5.26 Å². The van der Waals surface area contributed by atoms with Crippen LogP contribution in [0.15, 0.2) is 77.3 Å². The topological polar surface area (TPSA) is 149 Å². The summed E-state index contributed by atoms with van der Waals surface area (Å²) in [6.07, 6.45) is 0. The van der Waals surface area contributed by atoms with Crippen LogP contribution in [0.2, 0.25) is 0 Å². The molecule has 2 N–H and O–H groups in total. The Bertz CT molecular complexity index is 1230. The Morgan fingerprint density at radius 3 is 2.32 bits per heavy atom. The van der Waals surface area contributed by atoms with Crippen LogP contribution in [-0.4, -0.2) is 30.1 Å². The monoisotopic (exact) mass is 462 g/mol. The second-order valence-electron chi connectivity index (χ2n) is 7.07. The number of nitrogens with two attached hydrogens (primary N) is 1. The van der Waals surface area contributed by atoms with Gasteiger partial charge in [0.05, 0.1) is 41.3 Å². The Kier molecular flexibility index (Phi) is 7.28. The van der Waals surface area contributed by atoms with E-state index in [1.165, 1.54) is 29.2 Å². The molecule has 1 atom stereocenters. The van der Waals surface area contributed by atoms with Crippen molar-refractivity contribution in [1.29, 1.82) is 5.26 Å². The molecule has 0 aromatic heterocycles. The van der Waals surface area contributed by atoms with Gasteiger partial charge in [-0.3, -0.25) is 15.0 Å². The van der Waals surface area contributed by atoms with Crippen molar-refractivity contribution in [3.8, 4) is 6.07 Å². The maximum atomic E-state index is 13.2. The number of esters is 2. The molecule has 0 aliphatic carbocycles. The lowest BCUT2D eigenvalue weighted by Gasteiger charge is -2.36. The number of allylic oxidation sites excluding steroid dienone is 1. The van der Waals surface area contributed by atoms with Crippen LogP contribution in [0.4, 0.5) is 11.4 Å². The Hall–Kier alpha value is -4.65. The van der Waals surface area contributed by atoms with Gasteiger partial charge in [-0.1, -0.05) is 30.3 Å². The molecule has 10 heteroatoms. The molecule has 0 amide bonds. The first-order valence-electron chi connectivity index (χ1n) is 10.4. The quantitative estimate of drug-likeness (QED) is 0.371. The van der Waals surface area contributed by atoms with Gasteiger partial charge in [0.25, 0.3) is 5.69 Å². The van der Waals surface area contributed by atoms with Gasteiger partial charge in [-0.15, -0.1) is 0 Å². The lowest BCUT2D eigenvalue weighted by Crippen LogP contribution is -2.41. The number of nitro groups is 1. The summed E-state index contributed by atoms with van der Waals surface area (Å²) in [5.41, 5.74) is 6.31. The molecule has 0 spiro atoms. The van der Waals surface area contributed by atoms with E-state index in [1.807, 2.05) is 6.07 Å². The largest absolute Gasteiger partial charge is 0.463 e. The molecule has 0 bridgehead atoms. The minimum atomic E-state index is -1.19. The SMILES string of the molecule is CCOC(=O)C1=C(C(=O)OCC)N(c2ccccc2)C(N)=C(C#N)C1c1cccc([N+](=O)[O-])c1. The third-order valence-electron chi connectivity index (χ3n) is 5.09. The van der Waals surface area contributed by atoms with Gasteiger partial charge in [-0.25, -0.2) is 9.59 Å². The second-order valence-corrected chi connectivity index (χ2v) is 7.07. The predicted molar refractivity (Wildman–Crippen MR) is 122 cm³/mol. The van der Waals surface area contributed by atoms with Crippen LogP contribution < -0.4 is 10.6 Å². The molecule has 10 nitrogen and oxygen atoms in total. The zero-order valence-corrected chi connectivity index (χ0v) is 18.6. The molecule has 174 valence electrons. The number of ether oxygens (including phenoxy) is 2. The van der Waals surface area contributed by atoms with E-state index in [0.717, 1.165) is 0 Å². The van der Waals surface area contributed by atoms with Crippen molar-refractivity contribution >= 4 is 23.3 Å². The standard InChI is InChI=1S/C24H22N4O6/c1-3-33-23(29)20-19(15-9-8-12-17(13-15)28(31)32)18(14-25)22(26)27(16-10-6-5-7-11-16)21(20)24(30)34-4-2/h5-13,19H,3-4,26H2,1-2H3. The zero-order chi connectivity index (χ0) is 24.8. The molecule has 0 saturated carbocycles. The number of carbonyl (C=O) groups excluding carboxylic acids is 2. The van der Waals surface area contributed by atoms with E-state index in [-0.39, 0.29) is 47.1 Å². The van der Waals surface area contributed by atoms with E-state index in [2.05, 4.69) is 0 Å². The van der Waals surface area contributed by atoms with Crippen molar-refractivity contribution in [3.05, 3.63) is 92.9 Å². The fraction of sp³-hybridized carbons (Fsp3) is 0.208. The Morgan fingerprint density at radius 2 is 1.74 bits per heavy atom. The molecule has 1 unspecified atom stereocenters. The molecule has 34 heavy (non-hydrogen) atoms. The number of non-ortho nitro benzene ring substituents is 1. The lowest BCUT2D eigenvalue weighted by molar-refractivity contribution is -0.384. The van der Waals surface area contributed by atoms with Gasteiger partial charge < -0.3 is 15.2 Å². The Labute approximate surface area is 195 Å². The number of nitrogens with zero attached hydrogens (tertiary/aromatic N) is 3. The van der Waals surface area contributed by atoms with Crippen molar-refractivity contribution in [1.82, 2.24) is 0 Å². The summed E-state index contributed by atoms with van der Waals surface area (Å²) in [6, 6.07) is 15.9. The van der Waals surface area contributed by atoms with Gasteiger partial charge in [0.1, 0.15) is 11.5 Å². The van der Waals surface area contributed by atoms with Gasteiger partial charge >= 0.3 is 11.9 Å². The number of nitro benzene ring substituents is 1. The summed E-state index contributed by atoms with van der Waals surface area (Å²) in [4.78, 5) is 38.5. The number of rotatable bonds is 7. The first kappa shape index (κ1) is 24.0. The van der Waals surface area contributed by atoms with Gasteiger partial charge in [0, 0.05) is 17.8 Å². The Morgan fingerprint density at radius 1 is 1.09 bits per heavy atom. The highest BCUT2D eigenvalue weighted by Crippen LogP contribution is 2.43. The third-order valence-corrected chi connectivity index (χ3v) is 5.09. The molecule has 2 aromatic carbocycles. The highest BCUT2D eigenvalue weighted by atomic mass is 16.6. The first-order chi connectivity index (χ1) is 16.3. The smallest absolute Gasteiger partial charge is 0.355 e. The van der Waals surface area contributed by atoms with Crippen molar-refractivity contribution in [3.63, 3.8) is 0 Å². The summed E-state index contributed by atoms with van der Waals surface area (Å²) < 4.78 is 10.5. The van der Waals surface area contributed by atoms with E-state index in [1.54, 1.807) is 44.2 Å². The van der Waals surface area contributed by atoms with E-state index >= 15 is 0 Å². The van der Waals surface area contributed by atoms with Gasteiger partial charge in [0.15, 0.2) is 0 Å². The second kappa shape index (κ2) is 10.3. The first-order valence-corrected chi connectivity index (χ1v) is 10.4. The molecular formula is C24H22N4O6. The number of benzene rings is 2. The maximum Gasteiger partial charge on any atom is 0.355 e. The third kappa shape index (κ3) is 4.45. The Balaban J connectivity index is 2.41. The van der Waals surface area contributed by atoms with Crippen LogP contribution in [0.25, 0.3) is 0 Å². The maximum absolute atomic E-state index is 13.2. The summed E-state index contributed by atoms with van der Waals surface area (Å²) in [6.45, 7) is 3.21. The summed E-state index contributed by atoms with van der Waals surface area (Å²) in [7, 11) is 0. The fourth-order valence-corrected chi connectivity index (χ4v) is 3.73. The number of para-hydroxylation sites is 1.